The molecule has 7 nitrogen and oxygen atoms in total. The normalized spacial score (nSPS) is 13.5. The van der Waals surface area contributed by atoms with Crippen LogP contribution in [0.2, 0.25) is 0 Å². The van der Waals surface area contributed by atoms with Crippen molar-refractivity contribution in [3.63, 3.8) is 0 Å². The zero-order chi connectivity index (χ0) is 20.8. The first-order valence-electron chi connectivity index (χ1n) is 9.42. The quantitative estimate of drug-likeness (QED) is 0.163. The van der Waals surface area contributed by atoms with Gasteiger partial charge in [-0.25, -0.2) is 0 Å². The zero-order valence-corrected chi connectivity index (χ0v) is 18.7. The number of esters is 1. The molecule has 0 heterocycles. The molecule has 0 aromatic carbocycles. The van der Waals surface area contributed by atoms with E-state index >= 15 is 0 Å². The highest BCUT2D eigenvalue weighted by Crippen LogP contribution is 2.28. The van der Waals surface area contributed by atoms with E-state index < -0.39 is 10.1 Å². The van der Waals surface area contributed by atoms with Crippen LogP contribution < -0.4 is 0 Å². The van der Waals surface area contributed by atoms with Gasteiger partial charge in [0.2, 0.25) is 0 Å². The Labute approximate surface area is 168 Å². The summed E-state index contributed by atoms with van der Waals surface area (Å²) in [6, 6.07) is 0. The smallest absolute Gasteiger partial charge is 0.308 e. The van der Waals surface area contributed by atoms with Gasteiger partial charge >= 0.3 is 5.97 Å². The Morgan fingerprint density at radius 3 is 2.44 bits per heavy atom. The summed E-state index contributed by atoms with van der Waals surface area (Å²) in [5.41, 5.74) is 0.111. The van der Waals surface area contributed by atoms with Crippen molar-refractivity contribution in [1.29, 1.82) is 0 Å². The Balaban J connectivity index is 3.50. The standard InChI is InChI=1S/C18H36O7S2/c1-5-16(2)17(19)25-10-9-23-15-24-11-12-26-14-18(3,4)8-6-7-13-27(20,21)22/h16H,5-15H2,1-4H3,(H,20,21,22). The van der Waals surface area contributed by atoms with E-state index in [2.05, 4.69) is 13.8 Å². The monoisotopic (exact) mass is 428 g/mol. The number of carbonyl (C=O) groups excluding carboxylic acids is 1. The summed E-state index contributed by atoms with van der Waals surface area (Å²) in [5.74, 6) is 1.36. The Morgan fingerprint density at radius 2 is 1.81 bits per heavy atom. The molecule has 1 atom stereocenters. The van der Waals surface area contributed by atoms with Crippen LogP contribution in [0.4, 0.5) is 0 Å². The minimum absolute atomic E-state index is 0.0785. The summed E-state index contributed by atoms with van der Waals surface area (Å²) < 4.78 is 45.8. The number of ether oxygens (including phenoxy) is 3. The molecule has 0 saturated carbocycles. The van der Waals surface area contributed by atoms with Gasteiger partial charge in [0.1, 0.15) is 13.4 Å². The lowest BCUT2D eigenvalue weighted by Crippen LogP contribution is -2.18. The number of hydrogen-bond donors (Lipinski definition) is 1. The fourth-order valence-electron chi connectivity index (χ4n) is 2.11. The molecule has 27 heavy (non-hydrogen) atoms. The minimum atomic E-state index is -3.85. The predicted molar refractivity (Wildman–Crippen MR) is 109 cm³/mol. The summed E-state index contributed by atoms with van der Waals surface area (Å²) in [5, 5.41) is 0. The number of thioether (sulfide) groups is 1. The van der Waals surface area contributed by atoms with Crippen LogP contribution in [0.1, 0.15) is 53.4 Å². The number of hydrogen-bond acceptors (Lipinski definition) is 7. The van der Waals surface area contributed by atoms with E-state index in [1.165, 1.54) is 0 Å². The molecule has 0 saturated heterocycles. The molecule has 0 radical (unpaired) electrons. The summed E-state index contributed by atoms with van der Waals surface area (Å²) in [4.78, 5) is 11.4. The van der Waals surface area contributed by atoms with Crippen molar-refractivity contribution in [2.45, 2.75) is 53.4 Å². The highest BCUT2D eigenvalue weighted by molar-refractivity contribution is 7.99. The van der Waals surface area contributed by atoms with Gasteiger partial charge in [-0.3, -0.25) is 9.35 Å². The summed E-state index contributed by atoms with van der Waals surface area (Å²) >= 11 is 1.78. The number of rotatable bonds is 17. The molecule has 0 bridgehead atoms. The maximum Gasteiger partial charge on any atom is 0.308 e. The molecule has 1 N–H and O–H groups in total. The van der Waals surface area contributed by atoms with Gasteiger partial charge in [0.15, 0.2) is 0 Å². The second kappa shape index (κ2) is 14.6. The molecule has 0 aliphatic rings. The third-order valence-corrected chi connectivity index (χ3v) is 6.27. The van der Waals surface area contributed by atoms with Crippen LogP contribution in [0, 0.1) is 11.3 Å². The van der Waals surface area contributed by atoms with Crippen LogP contribution in [-0.2, 0) is 29.1 Å². The first kappa shape index (κ1) is 26.6. The van der Waals surface area contributed by atoms with Gasteiger partial charge in [-0.1, -0.05) is 34.1 Å². The number of carbonyl (C=O) groups is 1. The van der Waals surface area contributed by atoms with Crippen molar-refractivity contribution < 1.29 is 32.0 Å². The number of unbranched alkanes of at least 4 members (excludes halogenated alkanes) is 1. The molecule has 162 valence electrons. The fourth-order valence-corrected chi connectivity index (χ4v) is 3.76. The first-order chi connectivity index (χ1) is 12.6. The van der Waals surface area contributed by atoms with Crippen LogP contribution in [0.5, 0.6) is 0 Å². The largest absolute Gasteiger partial charge is 0.463 e. The minimum Gasteiger partial charge on any atom is -0.463 e. The van der Waals surface area contributed by atoms with E-state index in [0.29, 0.717) is 19.6 Å². The first-order valence-corrected chi connectivity index (χ1v) is 12.2. The molecule has 9 heteroatoms. The molecule has 0 spiro atoms. The molecule has 0 aromatic rings. The van der Waals surface area contributed by atoms with Crippen molar-refractivity contribution in [3.05, 3.63) is 0 Å². The van der Waals surface area contributed by atoms with Crippen molar-refractivity contribution in [2.75, 3.05) is 43.9 Å². The van der Waals surface area contributed by atoms with Gasteiger partial charge in [0.05, 0.1) is 24.9 Å². The van der Waals surface area contributed by atoms with E-state index in [9.17, 15) is 13.2 Å². The highest BCUT2D eigenvalue weighted by atomic mass is 32.2. The summed E-state index contributed by atoms with van der Waals surface area (Å²) in [6.07, 6.45) is 2.94. The maximum atomic E-state index is 11.4. The summed E-state index contributed by atoms with van der Waals surface area (Å²) in [6.45, 7) is 9.41. The van der Waals surface area contributed by atoms with Crippen molar-refractivity contribution in [2.24, 2.45) is 11.3 Å². The molecule has 1 unspecified atom stereocenters. The van der Waals surface area contributed by atoms with Crippen LogP contribution in [0.3, 0.4) is 0 Å². The zero-order valence-electron chi connectivity index (χ0n) is 17.1. The maximum absolute atomic E-state index is 11.4. The van der Waals surface area contributed by atoms with E-state index in [0.717, 1.165) is 30.8 Å². The van der Waals surface area contributed by atoms with Gasteiger partial charge in [0.25, 0.3) is 10.1 Å². The van der Waals surface area contributed by atoms with E-state index in [4.69, 9.17) is 18.8 Å². The summed E-state index contributed by atoms with van der Waals surface area (Å²) in [7, 11) is -3.85. The van der Waals surface area contributed by atoms with Crippen molar-refractivity contribution in [1.82, 2.24) is 0 Å². The molecule has 0 amide bonds. The average molecular weight is 429 g/mol. The lowest BCUT2D eigenvalue weighted by atomic mass is 9.90. The topological polar surface area (TPSA) is 99.1 Å². The average Bonchev–Trinajstić information content (AvgIpc) is 2.58. The SMILES string of the molecule is CCC(C)C(=O)OCCOCOCCSCC(C)(C)CCCCS(=O)(=O)O. The van der Waals surface area contributed by atoms with Gasteiger partial charge in [-0.2, -0.15) is 20.2 Å². The molecule has 0 aromatic heterocycles. The second-order valence-corrected chi connectivity index (χ2v) is 10.0. The molecule has 0 fully saturated rings. The van der Waals surface area contributed by atoms with Gasteiger partial charge in [0, 0.05) is 5.75 Å². The molecule has 0 rings (SSSR count). The van der Waals surface area contributed by atoms with Crippen molar-refractivity contribution in [3.8, 4) is 0 Å². The van der Waals surface area contributed by atoms with E-state index in [-0.39, 0.29) is 36.5 Å². The van der Waals surface area contributed by atoms with Crippen LogP contribution >= 0.6 is 11.8 Å². The third kappa shape index (κ3) is 17.5. The second-order valence-electron chi connectivity index (χ2n) is 7.37. The van der Waals surface area contributed by atoms with Gasteiger partial charge in [-0.05, 0) is 30.4 Å². The van der Waals surface area contributed by atoms with Gasteiger partial charge < -0.3 is 14.2 Å². The molecular formula is C18H36O7S2. The Hall–Kier alpha value is -0.350. The van der Waals surface area contributed by atoms with Crippen LogP contribution in [0.15, 0.2) is 0 Å². The Bertz CT molecular complexity index is 492. The van der Waals surface area contributed by atoms with E-state index in [1.54, 1.807) is 11.8 Å². The Morgan fingerprint density at radius 1 is 1.15 bits per heavy atom. The predicted octanol–water partition coefficient (Wildman–Crippen LogP) is 3.38. The van der Waals surface area contributed by atoms with Gasteiger partial charge in [-0.15, -0.1) is 0 Å². The van der Waals surface area contributed by atoms with Crippen LogP contribution in [-0.4, -0.2) is 62.8 Å². The molecule has 0 aliphatic carbocycles. The van der Waals surface area contributed by atoms with Crippen LogP contribution in [0.25, 0.3) is 0 Å². The van der Waals surface area contributed by atoms with Crippen molar-refractivity contribution >= 4 is 27.8 Å². The Kier molecular flexibility index (Phi) is 14.4. The molecular weight excluding hydrogens is 392 g/mol. The lowest BCUT2D eigenvalue weighted by molar-refractivity contribution is -0.151. The van der Waals surface area contributed by atoms with E-state index in [1.807, 2.05) is 13.8 Å². The fraction of sp³-hybridized carbons (Fsp3) is 0.944. The highest BCUT2D eigenvalue weighted by Gasteiger charge is 2.18. The molecule has 0 aliphatic heterocycles. The third-order valence-electron chi connectivity index (χ3n) is 4.02. The lowest BCUT2D eigenvalue weighted by Gasteiger charge is -2.24.